The lowest BCUT2D eigenvalue weighted by atomic mass is 10.0. The largest absolute Gasteiger partial charge is 0.388 e. The molecule has 2 fully saturated rings. The topological polar surface area (TPSA) is 70.1 Å². The van der Waals surface area contributed by atoms with Crippen LogP contribution in [0, 0.1) is 0 Å². The van der Waals surface area contributed by atoms with Crippen molar-refractivity contribution >= 4 is 11.6 Å². The molecule has 0 saturated heterocycles. The predicted molar refractivity (Wildman–Crippen MR) is 84.7 cm³/mol. The second kappa shape index (κ2) is 6.18. The van der Waals surface area contributed by atoms with E-state index in [0.29, 0.717) is 12.5 Å². The van der Waals surface area contributed by atoms with E-state index in [2.05, 4.69) is 27.5 Å². The van der Waals surface area contributed by atoms with Gasteiger partial charge < -0.3 is 15.7 Å². The minimum absolute atomic E-state index is 0.531. The quantitative estimate of drug-likeness (QED) is 0.720. The molecule has 2 aliphatic carbocycles. The standard InChI is InChI=1S/C16H26N4O/c1-2-9-17-13-10-14(20-15(19-13)12-5-6-12)18-11-16(21)7-3-4-8-16/h10,12,21H,2-9,11H2,1H3,(H2,17,18,19,20). The number of anilines is 2. The molecule has 0 atom stereocenters. The molecule has 2 aliphatic rings. The van der Waals surface area contributed by atoms with Crippen LogP contribution in [0.5, 0.6) is 0 Å². The normalized spacial score (nSPS) is 20.5. The van der Waals surface area contributed by atoms with Gasteiger partial charge in [0.25, 0.3) is 0 Å². The van der Waals surface area contributed by atoms with Crippen LogP contribution in [-0.4, -0.2) is 33.8 Å². The molecule has 0 aliphatic heterocycles. The summed E-state index contributed by atoms with van der Waals surface area (Å²) < 4.78 is 0. The number of nitrogens with one attached hydrogen (secondary N) is 2. The van der Waals surface area contributed by atoms with E-state index in [9.17, 15) is 5.11 Å². The first-order valence-corrected chi connectivity index (χ1v) is 8.28. The fourth-order valence-corrected chi connectivity index (χ4v) is 2.89. The molecule has 1 heterocycles. The van der Waals surface area contributed by atoms with E-state index in [1.54, 1.807) is 0 Å². The Morgan fingerprint density at radius 3 is 2.48 bits per heavy atom. The molecule has 3 rings (SSSR count). The Labute approximate surface area is 126 Å². The zero-order chi connectivity index (χ0) is 14.7. The number of rotatable bonds is 7. The first-order valence-electron chi connectivity index (χ1n) is 8.28. The molecule has 0 amide bonds. The number of hydrogen-bond donors (Lipinski definition) is 3. The Morgan fingerprint density at radius 2 is 1.86 bits per heavy atom. The van der Waals surface area contributed by atoms with Gasteiger partial charge in [0.2, 0.25) is 0 Å². The minimum atomic E-state index is -0.554. The first kappa shape index (κ1) is 14.6. The van der Waals surface area contributed by atoms with Crippen molar-refractivity contribution in [2.45, 2.75) is 63.4 Å². The van der Waals surface area contributed by atoms with E-state index >= 15 is 0 Å². The lowest BCUT2D eigenvalue weighted by Gasteiger charge is -2.23. The van der Waals surface area contributed by atoms with Gasteiger partial charge in [0.15, 0.2) is 0 Å². The van der Waals surface area contributed by atoms with Crippen molar-refractivity contribution in [3.8, 4) is 0 Å². The van der Waals surface area contributed by atoms with Crippen molar-refractivity contribution in [1.29, 1.82) is 0 Å². The van der Waals surface area contributed by atoms with E-state index in [1.807, 2.05) is 6.07 Å². The fourth-order valence-electron chi connectivity index (χ4n) is 2.89. The van der Waals surface area contributed by atoms with Gasteiger partial charge in [-0.2, -0.15) is 0 Å². The Morgan fingerprint density at radius 1 is 1.19 bits per heavy atom. The van der Waals surface area contributed by atoms with Crippen molar-refractivity contribution in [2.75, 3.05) is 23.7 Å². The SMILES string of the molecule is CCCNc1cc(NCC2(O)CCCC2)nc(C2CC2)n1. The van der Waals surface area contributed by atoms with Crippen LogP contribution in [0.1, 0.15) is 63.6 Å². The summed E-state index contributed by atoms with van der Waals surface area (Å²) in [5, 5.41) is 17.1. The summed E-state index contributed by atoms with van der Waals surface area (Å²) in [7, 11) is 0. The monoisotopic (exact) mass is 290 g/mol. The number of hydrogen-bond acceptors (Lipinski definition) is 5. The maximum Gasteiger partial charge on any atom is 0.136 e. The molecular weight excluding hydrogens is 264 g/mol. The van der Waals surface area contributed by atoms with Crippen LogP contribution in [-0.2, 0) is 0 Å². The third-order valence-electron chi connectivity index (χ3n) is 4.37. The van der Waals surface area contributed by atoms with Gasteiger partial charge in [-0.05, 0) is 32.1 Å². The molecule has 1 aromatic heterocycles. The maximum absolute atomic E-state index is 10.4. The Balaban J connectivity index is 1.68. The van der Waals surface area contributed by atoms with Crippen molar-refractivity contribution < 1.29 is 5.11 Å². The molecule has 1 aromatic rings. The van der Waals surface area contributed by atoms with Crippen LogP contribution in [0.4, 0.5) is 11.6 Å². The van der Waals surface area contributed by atoms with Gasteiger partial charge in [-0.1, -0.05) is 19.8 Å². The second-order valence-corrected chi connectivity index (χ2v) is 6.48. The summed E-state index contributed by atoms with van der Waals surface area (Å²) in [6.45, 7) is 3.65. The molecule has 0 bridgehead atoms. The summed E-state index contributed by atoms with van der Waals surface area (Å²) in [5.74, 6) is 3.21. The van der Waals surface area contributed by atoms with Crippen LogP contribution >= 0.6 is 0 Å². The molecule has 21 heavy (non-hydrogen) atoms. The highest BCUT2D eigenvalue weighted by Gasteiger charge is 2.31. The van der Waals surface area contributed by atoms with Crippen LogP contribution < -0.4 is 10.6 Å². The van der Waals surface area contributed by atoms with Gasteiger partial charge in [-0.3, -0.25) is 0 Å². The molecule has 0 aromatic carbocycles. The van der Waals surface area contributed by atoms with Crippen molar-refractivity contribution in [1.82, 2.24) is 9.97 Å². The van der Waals surface area contributed by atoms with Gasteiger partial charge in [-0.15, -0.1) is 0 Å². The van der Waals surface area contributed by atoms with E-state index in [4.69, 9.17) is 0 Å². The highest BCUT2D eigenvalue weighted by molar-refractivity contribution is 5.48. The summed E-state index contributed by atoms with van der Waals surface area (Å²) in [6.07, 6.45) is 7.49. The Bertz CT molecular complexity index is 481. The zero-order valence-corrected chi connectivity index (χ0v) is 12.9. The van der Waals surface area contributed by atoms with E-state index in [-0.39, 0.29) is 0 Å². The number of aliphatic hydroxyl groups is 1. The van der Waals surface area contributed by atoms with Crippen molar-refractivity contribution in [3.63, 3.8) is 0 Å². The van der Waals surface area contributed by atoms with Gasteiger partial charge in [0.05, 0.1) is 5.60 Å². The smallest absolute Gasteiger partial charge is 0.136 e. The van der Waals surface area contributed by atoms with Crippen LogP contribution in [0.25, 0.3) is 0 Å². The molecule has 2 saturated carbocycles. The fraction of sp³-hybridized carbons (Fsp3) is 0.750. The summed E-state index contributed by atoms with van der Waals surface area (Å²) in [5.41, 5.74) is -0.554. The van der Waals surface area contributed by atoms with Crippen LogP contribution in [0.2, 0.25) is 0 Å². The van der Waals surface area contributed by atoms with E-state index in [1.165, 1.54) is 12.8 Å². The maximum atomic E-state index is 10.4. The number of aromatic nitrogens is 2. The molecule has 0 spiro atoms. The average molecular weight is 290 g/mol. The molecule has 5 nitrogen and oxygen atoms in total. The van der Waals surface area contributed by atoms with Crippen LogP contribution in [0.3, 0.4) is 0 Å². The Kier molecular flexibility index (Phi) is 4.29. The second-order valence-electron chi connectivity index (χ2n) is 6.48. The summed E-state index contributed by atoms with van der Waals surface area (Å²) in [4.78, 5) is 9.23. The third kappa shape index (κ3) is 3.84. The minimum Gasteiger partial charge on any atom is -0.388 e. The van der Waals surface area contributed by atoms with Gasteiger partial charge in [0, 0.05) is 25.1 Å². The Hall–Kier alpha value is -1.36. The first-order chi connectivity index (χ1) is 10.2. The molecule has 3 N–H and O–H groups in total. The third-order valence-corrected chi connectivity index (χ3v) is 4.37. The predicted octanol–water partition coefficient (Wildman–Crippen LogP) is 2.89. The molecular formula is C16H26N4O. The zero-order valence-electron chi connectivity index (χ0n) is 12.9. The number of nitrogens with zero attached hydrogens (tertiary/aromatic N) is 2. The van der Waals surface area contributed by atoms with E-state index in [0.717, 1.165) is 56.1 Å². The van der Waals surface area contributed by atoms with Crippen molar-refractivity contribution in [3.05, 3.63) is 11.9 Å². The molecule has 5 heteroatoms. The molecule has 116 valence electrons. The highest BCUT2D eigenvalue weighted by Crippen LogP contribution is 2.39. The lowest BCUT2D eigenvalue weighted by Crippen LogP contribution is -2.33. The molecule has 0 unspecified atom stereocenters. The van der Waals surface area contributed by atoms with Gasteiger partial charge in [0.1, 0.15) is 17.5 Å². The van der Waals surface area contributed by atoms with Gasteiger partial charge >= 0.3 is 0 Å². The highest BCUT2D eigenvalue weighted by atomic mass is 16.3. The average Bonchev–Trinajstić information content (AvgIpc) is 3.26. The van der Waals surface area contributed by atoms with Crippen LogP contribution in [0.15, 0.2) is 6.07 Å². The van der Waals surface area contributed by atoms with Gasteiger partial charge in [-0.25, -0.2) is 9.97 Å². The summed E-state index contributed by atoms with van der Waals surface area (Å²) in [6, 6.07) is 1.96. The molecule has 0 radical (unpaired) electrons. The lowest BCUT2D eigenvalue weighted by molar-refractivity contribution is 0.0614. The summed E-state index contributed by atoms with van der Waals surface area (Å²) >= 11 is 0. The van der Waals surface area contributed by atoms with E-state index < -0.39 is 5.60 Å². The van der Waals surface area contributed by atoms with Crippen molar-refractivity contribution in [2.24, 2.45) is 0 Å².